The lowest BCUT2D eigenvalue weighted by atomic mass is 9.98. The lowest BCUT2D eigenvalue weighted by Crippen LogP contribution is -2.43. The van der Waals surface area contributed by atoms with Crippen LogP contribution in [0.1, 0.15) is 40.0 Å². The molecule has 3 unspecified atom stereocenters. The molecule has 0 aromatic carbocycles. The van der Waals surface area contributed by atoms with Crippen molar-refractivity contribution >= 4 is 5.97 Å². The molecule has 7 heteroatoms. The van der Waals surface area contributed by atoms with Crippen LogP contribution in [0.5, 0.6) is 0 Å². The van der Waals surface area contributed by atoms with E-state index in [9.17, 15) is 23.1 Å². The predicted molar refractivity (Wildman–Crippen MR) is 58.2 cm³/mol. The van der Waals surface area contributed by atoms with Crippen molar-refractivity contribution in [3.8, 4) is 0 Å². The summed E-state index contributed by atoms with van der Waals surface area (Å²) in [6, 6.07) is 0. The van der Waals surface area contributed by atoms with Crippen LogP contribution in [0.2, 0.25) is 0 Å². The van der Waals surface area contributed by atoms with Gasteiger partial charge >= 0.3 is 12.1 Å². The van der Waals surface area contributed by atoms with Gasteiger partial charge in [-0.15, -0.1) is 0 Å². The van der Waals surface area contributed by atoms with Crippen molar-refractivity contribution in [3.63, 3.8) is 0 Å². The van der Waals surface area contributed by atoms with Crippen molar-refractivity contribution in [2.45, 2.75) is 64.0 Å². The number of ether oxygens (including phenoxy) is 1. The van der Waals surface area contributed by atoms with Gasteiger partial charge in [-0.3, -0.25) is 0 Å². The molecule has 0 aliphatic heterocycles. The first kappa shape index (κ1) is 17.2. The fraction of sp³-hybridized carbons (Fsp3) is 0.909. The molecule has 0 aliphatic carbocycles. The number of carboxylic acids is 1. The molecule has 0 fully saturated rings. The number of carboxylic acid groups (broad SMARTS) is 1. The van der Waals surface area contributed by atoms with Crippen LogP contribution < -0.4 is 0 Å². The van der Waals surface area contributed by atoms with E-state index in [2.05, 4.69) is 0 Å². The van der Waals surface area contributed by atoms with Crippen LogP contribution >= 0.6 is 0 Å². The molecule has 0 radical (unpaired) electrons. The molecule has 0 aliphatic rings. The van der Waals surface area contributed by atoms with Crippen LogP contribution in [0.15, 0.2) is 0 Å². The SMILES string of the molecule is CC(O)C(C)OC(C)(CCCC(F)(F)F)C(=O)O. The van der Waals surface area contributed by atoms with Crippen LogP contribution in [0.4, 0.5) is 13.2 Å². The number of hydrogen-bond acceptors (Lipinski definition) is 3. The minimum atomic E-state index is -4.31. The number of alkyl halides is 3. The first-order chi connectivity index (χ1) is 7.98. The Morgan fingerprint density at radius 3 is 2.11 bits per heavy atom. The average molecular weight is 272 g/mol. The zero-order valence-electron chi connectivity index (χ0n) is 10.6. The van der Waals surface area contributed by atoms with E-state index in [1.165, 1.54) is 20.8 Å². The Labute approximate surface area is 104 Å². The van der Waals surface area contributed by atoms with Gasteiger partial charge in [-0.25, -0.2) is 4.79 Å². The second-order valence-corrected chi connectivity index (χ2v) is 4.57. The van der Waals surface area contributed by atoms with E-state index < -0.39 is 36.4 Å². The van der Waals surface area contributed by atoms with Gasteiger partial charge in [-0.1, -0.05) is 0 Å². The van der Waals surface area contributed by atoms with Gasteiger partial charge in [0.1, 0.15) is 0 Å². The molecule has 108 valence electrons. The number of aliphatic carboxylic acids is 1. The molecule has 0 aromatic heterocycles. The lowest BCUT2D eigenvalue weighted by Gasteiger charge is -2.30. The summed E-state index contributed by atoms with van der Waals surface area (Å²) in [5.41, 5.74) is -1.72. The summed E-state index contributed by atoms with van der Waals surface area (Å²) in [5.74, 6) is -1.34. The Morgan fingerprint density at radius 2 is 1.78 bits per heavy atom. The van der Waals surface area contributed by atoms with Crippen molar-refractivity contribution in [1.82, 2.24) is 0 Å². The molecule has 0 saturated heterocycles. The molecule has 0 amide bonds. The Kier molecular flexibility index (Phi) is 6.09. The van der Waals surface area contributed by atoms with E-state index in [4.69, 9.17) is 9.84 Å². The molecule has 0 spiro atoms. The van der Waals surface area contributed by atoms with E-state index in [1.807, 2.05) is 0 Å². The van der Waals surface area contributed by atoms with E-state index in [0.717, 1.165) is 0 Å². The summed E-state index contributed by atoms with van der Waals surface area (Å²) in [5, 5.41) is 18.2. The minimum absolute atomic E-state index is 0.265. The van der Waals surface area contributed by atoms with Crippen LogP contribution in [0.25, 0.3) is 0 Å². The highest BCUT2D eigenvalue weighted by Crippen LogP contribution is 2.27. The zero-order chi connectivity index (χ0) is 14.6. The number of halogens is 3. The Balaban J connectivity index is 4.49. The van der Waals surface area contributed by atoms with E-state index in [1.54, 1.807) is 0 Å². The second-order valence-electron chi connectivity index (χ2n) is 4.57. The first-order valence-electron chi connectivity index (χ1n) is 5.64. The smallest absolute Gasteiger partial charge is 0.389 e. The minimum Gasteiger partial charge on any atom is -0.479 e. The highest BCUT2D eigenvalue weighted by atomic mass is 19.4. The van der Waals surface area contributed by atoms with E-state index in [0.29, 0.717) is 0 Å². The van der Waals surface area contributed by atoms with Crippen LogP contribution in [-0.2, 0) is 9.53 Å². The van der Waals surface area contributed by atoms with Crippen molar-refractivity contribution < 1.29 is 32.9 Å². The summed E-state index contributed by atoms with van der Waals surface area (Å²) >= 11 is 0. The largest absolute Gasteiger partial charge is 0.479 e. The summed E-state index contributed by atoms with van der Waals surface area (Å²) in [4.78, 5) is 11.0. The monoisotopic (exact) mass is 272 g/mol. The number of aliphatic hydroxyl groups is 1. The lowest BCUT2D eigenvalue weighted by molar-refractivity contribution is -0.180. The fourth-order valence-electron chi connectivity index (χ4n) is 1.35. The molecule has 0 saturated carbocycles. The van der Waals surface area contributed by atoms with Gasteiger partial charge < -0.3 is 14.9 Å². The maximum atomic E-state index is 12.0. The van der Waals surface area contributed by atoms with Gasteiger partial charge in [0.2, 0.25) is 0 Å². The molecule has 0 bridgehead atoms. The van der Waals surface area contributed by atoms with E-state index >= 15 is 0 Å². The molecule has 18 heavy (non-hydrogen) atoms. The third-order valence-electron chi connectivity index (χ3n) is 2.69. The fourth-order valence-corrected chi connectivity index (χ4v) is 1.35. The molecule has 0 rings (SSSR count). The third-order valence-corrected chi connectivity index (χ3v) is 2.69. The van der Waals surface area contributed by atoms with E-state index in [-0.39, 0.29) is 12.8 Å². The van der Waals surface area contributed by atoms with Gasteiger partial charge in [-0.2, -0.15) is 13.2 Å². The molecular formula is C11H19F3O4. The summed E-state index contributed by atoms with van der Waals surface area (Å²) < 4.78 is 41.1. The second kappa shape index (κ2) is 6.38. The summed E-state index contributed by atoms with van der Waals surface area (Å²) in [6.07, 6.45) is -7.63. The third kappa shape index (κ3) is 6.20. The molecule has 3 atom stereocenters. The summed E-state index contributed by atoms with van der Waals surface area (Å²) in [6.45, 7) is 4.10. The molecular weight excluding hydrogens is 253 g/mol. The number of hydrogen-bond donors (Lipinski definition) is 2. The maximum Gasteiger partial charge on any atom is 0.389 e. The van der Waals surface area contributed by atoms with Crippen LogP contribution in [0, 0.1) is 0 Å². The topological polar surface area (TPSA) is 66.8 Å². The Morgan fingerprint density at radius 1 is 1.28 bits per heavy atom. The Hall–Kier alpha value is -0.820. The normalized spacial score (nSPS) is 19.1. The van der Waals surface area contributed by atoms with Gasteiger partial charge in [0.25, 0.3) is 0 Å². The molecule has 0 aromatic rings. The van der Waals surface area contributed by atoms with Gasteiger partial charge in [0.05, 0.1) is 12.2 Å². The van der Waals surface area contributed by atoms with Crippen molar-refractivity contribution in [3.05, 3.63) is 0 Å². The van der Waals surface area contributed by atoms with Crippen molar-refractivity contribution in [2.75, 3.05) is 0 Å². The first-order valence-corrected chi connectivity index (χ1v) is 5.64. The van der Waals surface area contributed by atoms with Gasteiger partial charge in [-0.05, 0) is 33.6 Å². The Bertz CT molecular complexity index is 278. The predicted octanol–water partition coefficient (Wildman–Crippen LogP) is 2.35. The highest BCUT2D eigenvalue weighted by Gasteiger charge is 2.38. The highest BCUT2D eigenvalue weighted by molar-refractivity contribution is 5.76. The quantitative estimate of drug-likeness (QED) is 0.746. The summed E-state index contributed by atoms with van der Waals surface area (Å²) in [7, 11) is 0. The molecule has 2 N–H and O–H groups in total. The maximum absolute atomic E-state index is 12.0. The van der Waals surface area contributed by atoms with Crippen LogP contribution in [0.3, 0.4) is 0 Å². The van der Waals surface area contributed by atoms with Gasteiger partial charge in [0.15, 0.2) is 5.60 Å². The van der Waals surface area contributed by atoms with Crippen molar-refractivity contribution in [1.29, 1.82) is 0 Å². The van der Waals surface area contributed by atoms with Gasteiger partial charge in [0, 0.05) is 6.42 Å². The van der Waals surface area contributed by atoms with Crippen LogP contribution in [-0.4, -0.2) is 40.2 Å². The number of aliphatic hydroxyl groups excluding tert-OH is 1. The zero-order valence-corrected chi connectivity index (χ0v) is 10.6. The standard InChI is InChI=1S/C11H19F3O4/c1-7(15)8(2)18-10(3,9(16)17)5-4-6-11(12,13)14/h7-8,15H,4-6H2,1-3H3,(H,16,17). The van der Waals surface area contributed by atoms with Crippen molar-refractivity contribution in [2.24, 2.45) is 0 Å². The number of rotatable bonds is 7. The number of carbonyl (C=O) groups is 1. The average Bonchev–Trinajstić information content (AvgIpc) is 2.14. The molecule has 0 heterocycles. The molecule has 4 nitrogen and oxygen atoms in total.